The Morgan fingerprint density at radius 3 is 3.05 bits per heavy atom. The summed E-state index contributed by atoms with van der Waals surface area (Å²) in [5.74, 6) is -0.193. The number of amides is 1. The molecule has 0 aliphatic rings. The second-order valence-corrected chi connectivity index (χ2v) is 5.92. The number of thiazole rings is 1. The molecule has 0 aliphatic heterocycles. The maximum Gasteiger partial charge on any atom is 0.275 e. The van der Waals surface area contributed by atoms with Gasteiger partial charge in [-0.25, -0.2) is 4.98 Å². The van der Waals surface area contributed by atoms with Gasteiger partial charge >= 0.3 is 0 Å². The van der Waals surface area contributed by atoms with Gasteiger partial charge in [-0.15, -0.1) is 11.3 Å². The van der Waals surface area contributed by atoms with E-state index in [0.717, 1.165) is 20.7 Å². The Kier molecular flexibility index (Phi) is 3.12. The number of imidazole rings is 1. The fourth-order valence-electron chi connectivity index (χ4n) is 1.79. The Labute approximate surface area is 122 Å². The molecule has 0 spiro atoms. The summed E-state index contributed by atoms with van der Waals surface area (Å²) in [6.45, 7) is 1.95. The Hall–Kier alpha value is -1.66. The smallest absolute Gasteiger partial charge is 0.275 e. The molecule has 1 amide bonds. The Morgan fingerprint density at radius 2 is 2.32 bits per heavy atom. The van der Waals surface area contributed by atoms with Crippen molar-refractivity contribution in [2.24, 2.45) is 0 Å². The number of hydrogen-bond donors (Lipinski definition) is 1. The lowest BCUT2D eigenvalue weighted by molar-refractivity contribution is 0.102. The van der Waals surface area contributed by atoms with Crippen molar-refractivity contribution in [3.8, 4) is 0 Å². The van der Waals surface area contributed by atoms with Crippen LogP contribution >= 0.6 is 27.3 Å². The summed E-state index contributed by atoms with van der Waals surface area (Å²) in [6.07, 6.45) is 3.62. The summed E-state index contributed by atoms with van der Waals surface area (Å²) in [6, 6.07) is 5.73. The van der Waals surface area contributed by atoms with Crippen molar-refractivity contribution in [2.75, 3.05) is 5.32 Å². The molecule has 4 nitrogen and oxygen atoms in total. The normalized spacial score (nSPS) is 10.8. The molecule has 0 unspecified atom stereocenters. The molecule has 1 N–H and O–H groups in total. The quantitative estimate of drug-likeness (QED) is 0.775. The van der Waals surface area contributed by atoms with Crippen LogP contribution in [0, 0.1) is 6.92 Å². The number of halogens is 1. The van der Waals surface area contributed by atoms with E-state index in [1.54, 1.807) is 6.20 Å². The third kappa shape index (κ3) is 2.41. The van der Waals surface area contributed by atoms with E-state index in [1.165, 1.54) is 11.3 Å². The molecule has 3 aromatic rings. The van der Waals surface area contributed by atoms with Gasteiger partial charge in [0.05, 0.1) is 0 Å². The van der Waals surface area contributed by atoms with Crippen LogP contribution in [0.5, 0.6) is 0 Å². The number of carbonyl (C=O) groups is 1. The zero-order chi connectivity index (χ0) is 13.4. The largest absolute Gasteiger partial charge is 0.320 e. The van der Waals surface area contributed by atoms with Gasteiger partial charge in [0.25, 0.3) is 5.91 Å². The first-order valence-corrected chi connectivity index (χ1v) is 7.30. The molecule has 6 heteroatoms. The SMILES string of the molecule is Cc1cc(Br)ccc1NC(=O)c1cn2ccsc2n1. The van der Waals surface area contributed by atoms with Crippen LogP contribution < -0.4 is 5.32 Å². The third-order valence-electron chi connectivity index (χ3n) is 2.76. The van der Waals surface area contributed by atoms with Crippen LogP contribution in [0.25, 0.3) is 4.96 Å². The van der Waals surface area contributed by atoms with E-state index in [-0.39, 0.29) is 5.91 Å². The molecule has 3 rings (SSSR count). The Balaban J connectivity index is 1.86. The molecular weight excluding hydrogens is 326 g/mol. The minimum absolute atomic E-state index is 0.193. The molecule has 0 radical (unpaired) electrons. The lowest BCUT2D eigenvalue weighted by atomic mass is 10.2. The number of carbonyl (C=O) groups excluding carboxylic acids is 1. The van der Waals surface area contributed by atoms with Gasteiger partial charge in [-0.1, -0.05) is 15.9 Å². The standard InChI is InChI=1S/C13H10BrN3OS/c1-8-6-9(14)2-3-10(8)15-12(18)11-7-17-4-5-19-13(17)16-11/h2-7H,1H3,(H,15,18). The predicted molar refractivity (Wildman–Crippen MR) is 79.9 cm³/mol. The summed E-state index contributed by atoms with van der Waals surface area (Å²) in [5.41, 5.74) is 2.22. The topological polar surface area (TPSA) is 46.4 Å². The van der Waals surface area contributed by atoms with Gasteiger partial charge in [-0.05, 0) is 30.7 Å². The van der Waals surface area contributed by atoms with Crippen LogP contribution in [0.2, 0.25) is 0 Å². The number of nitrogens with one attached hydrogen (secondary N) is 1. The molecule has 0 aliphatic carbocycles. The van der Waals surface area contributed by atoms with Crippen molar-refractivity contribution in [3.05, 3.63) is 51.7 Å². The molecule has 96 valence electrons. The van der Waals surface area contributed by atoms with Crippen molar-refractivity contribution >= 4 is 43.8 Å². The number of aromatic nitrogens is 2. The highest BCUT2D eigenvalue weighted by Gasteiger charge is 2.12. The average molecular weight is 336 g/mol. The molecule has 0 saturated carbocycles. The minimum atomic E-state index is -0.193. The molecule has 1 aromatic carbocycles. The van der Waals surface area contributed by atoms with Crippen molar-refractivity contribution in [1.29, 1.82) is 0 Å². The van der Waals surface area contributed by atoms with Gasteiger partial charge in [0.15, 0.2) is 4.96 Å². The number of fused-ring (bicyclic) bond motifs is 1. The first kappa shape index (κ1) is 12.4. The number of rotatable bonds is 2. The van der Waals surface area contributed by atoms with E-state index in [2.05, 4.69) is 26.2 Å². The van der Waals surface area contributed by atoms with Gasteiger partial charge in [-0.3, -0.25) is 9.20 Å². The number of aryl methyl sites for hydroxylation is 1. The van der Waals surface area contributed by atoms with Crippen molar-refractivity contribution in [2.45, 2.75) is 6.92 Å². The molecular formula is C13H10BrN3OS. The molecule has 2 heterocycles. The van der Waals surface area contributed by atoms with Gasteiger partial charge in [0.2, 0.25) is 0 Å². The fourth-order valence-corrected chi connectivity index (χ4v) is 2.97. The highest BCUT2D eigenvalue weighted by Crippen LogP contribution is 2.21. The summed E-state index contributed by atoms with van der Waals surface area (Å²) in [4.78, 5) is 17.2. The molecule has 2 aromatic heterocycles. The van der Waals surface area contributed by atoms with E-state index >= 15 is 0 Å². The molecule has 19 heavy (non-hydrogen) atoms. The van der Waals surface area contributed by atoms with Crippen LogP contribution in [0.1, 0.15) is 16.1 Å². The minimum Gasteiger partial charge on any atom is -0.320 e. The van der Waals surface area contributed by atoms with Crippen LogP contribution in [0.4, 0.5) is 5.69 Å². The van der Waals surface area contributed by atoms with Crippen LogP contribution in [0.3, 0.4) is 0 Å². The maximum atomic E-state index is 12.1. The van der Waals surface area contributed by atoms with Crippen LogP contribution in [-0.4, -0.2) is 15.3 Å². The zero-order valence-corrected chi connectivity index (χ0v) is 12.5. The van der Waals surface area contributed by atoms with Crippen LogP contribution in [0.15, 0.2) is 40.4 Å². The number of benzene rings is 1. The number of nitrogens with zero attached hydrogens (tertiary/aromatic N) is 2. The van der Waals surface area contributed by atoms with Gasteiger partial charge in [-0.2, -0.15) is 0 Å². The van der Waals surface area contributed by atoms with E-state index in [1.807, 2.05) is 41.1 Å². The molecule has 0 fully saturated rings. The van der Waals surface area contributed by atoms with Gasteiger partial charge in [0.1, 0.15) is 5.69 Å². The summed E-state index contributed by atoms with van der Waals surface area (Å²) >= 11 is 4.90. The monoisotopic (exact) mass is 335 g/mol. The number of hydrogen-bond acceptors (Lipinski definition) is 3. The number of anilines is 1. The van der Waals surface area contributed by atoms with Crippen molar-refractivity contribution < 1.29 is 4.79 Å². The zero-order valence-electron chi connectivity index (χ0n) is 10.1. The fraction of sp³-hybridized carbons (Fsp3) is 0.0769. The lowest BCUT2D eigenvalue weighted by Crippen LogP contribution is -2.13. The van der Waals surface area contributed by atoms with Crippen molar-refractivity contribution in [1.82, 2.24) is 9.38 Å². The second kappa shape index (κ2) is 4.79. The first-order chi connectivity index (χ1) is 9.13. The molecule has 0 atom stereocenters. The van der Waals surface area contributed by atoms with E-state index in [9.17, 15) is 4.79 Å². The molecule has 0 saturated heterocycles. The average Bonchev–Trinajstić information content (AvgIpc) is 2.93. The predicted octanol–water partition coefficient (Wildman–Crippen LogP) is 3.72. The second-order valence-electron chi connectivity index (χ2n) is 4.13. The summed E-state index contributed by atoms with van der Waals surface area (Å²) in [7, 11) is 0. The Morgan fingerprint density at radius 1 is 1.47 bits per heavy atom. The van der Waals surface area contributed by atoms with Crippen LogP contribution in [-0.2, 0) is 0 Å². The van der Waals surface area contributed by atoms with Crippen molar-refractivity contribution in [3.63, 3.8) is 0 Å². The van der Waals surface area contributed by atoms with Gasteiger partial charge < -0.3 is 5.32 Å². The highest BCUT2D eigenvalue weighted by molar-refractivity contribution is 9.10. The van der Waals surface area contributed by atoms with E-state index in [4.69, 9.17) is 0 Å². The first-order valence-electron chi connectivity index (χ1n) is 5.63. The highest BCUT2D eigenvalue weighted by atomic mass is 79.9. The van der Waals surface area contributed by atoms with E-state index < -0.39 is 0 Å². The Bertz CT molecular complexity index is 734. The summed E-state index contributed by atoms with van der Waals surface area (Å²) in [5, 5.41) is 4.81. The van der Waals surface area contributed by atoms with Gasteiger partial charge in [0, 0.05) is 27.9 Å². The third-order valence-corrected chi connectivity index (χ3v) is 4.03. The maximum absolute atomic E-state index is 12.1. The van der Waals surface area contributed by atoms with E-state index in [0.29, 0.717) is 5.69 Å². The molecule has 0 bridgehead atoms. The lowest BCUT2D eigenvalue weighted by Gasteiger charge is -2.07. The summed E-state index contributed by atoms with van der Waals surface area (Å²) < 4.78 is 2.83.